The second-order valence-electron chi connectivity index (χ2n) is 15.9. The lowest BCUT2D eigenvalue weighted by Crippen LogP contribution is -2.60. The number of hydrogen-bond acceptors (Lipinski definition) is 9. The first-order valence-electron chi connectivity index (χ1n) is 19.1. The molecule has 1 aliphatic heterocycles. The van der Waals surface area contributed by atoms with Gasteiger partial charge in [0.15, 0.2) is 0 Å². The van der Waals surface area contributed by atoms with Crippen LogP contribution in [0.15, 0.2) is 41.9 Å². The number of amides is 4. The Balaban J connectivity index is 1.73. The van der Waals surface area contributed by atoms with Crippen LogP contribution in [-0.4, -0.2) is 105 Å². The number of benzene rings is 1. The zero-order chi connectivity index (χ0) is 39.6. The molecule has 3 rings (SSSR count). The predicted molar refractivity (Wildman–Crippen MR) is 209 cm³/mol. The van der Waals surface area contributed by atoms with E-state index in [9.17, 15) is 29.4 Å². The second-order valence-corrected chi connectivity index (χ2v) is 16.9. The summed E-state index contributed by atoms with van der Waals surface area (Å²) in [7, 11) is 3.65. The van der Waals surface area contributed by atoms with E-state index in [0.717, 1.165) is 10.6 Å². The topological polar surface area (TPSA) is 164 Å². The van der Waals surface area contributed by atoms with Gasteiger partial charge in [-0.15, -0.1) is 11.3 Å². The average Bonchev–Trinajstić information content (AvgIpc) is 3.79. The maximum atomic E-state index is 14.0. The smallest absolute Gasteiger partial charge is 0.243 e. The third-order valence-electron chi connectivity index (χ3n) is 10.9. The molecule has 1 saturated heterocycles. The van der Waals surface area contributed by atoms with Crippen molar-refractivity contribution in [3.63, 3.8) is 0 Å². The highest BCUT2D eigenvalue weighted by molar-refractivity contribution is 7.09. The molecule has 9 atom stereocenters. The summed E-state index contributed by atoms with van der Waals surface area (Å²) >= 11 is 1.45. The van der Waals surface area contributed by atoms with E-state index in [0.29, 0.717) is 32.2 Å². The van der Waals surface area contributed by atoms with Crippen molar-refractivity contribution < 1.29 is 29.4 Å². The van der Waals surface area contributed by atoms with Gasteiger partial charge in [0.2, 0.25) is 23.6 Å². The van der Waals surface area contributed by atoms with E-state index in [2.05, 4.69) is 20.9 Å². The van der Waals surface area contributed by atoms with Crippen molar-refractivity contribution in [2.45, 2.75) is 129 Å². The molecule has 296 valence electrons. The van der Waals surface area contributed by atoms with Crippen LogP contribution >= 0.6 is 11.3 Å². The van der Waals surface area contributed by atoms with Crippen LogP contribution in [0.2, 0.25) is 0 Å². The summed E-state index contributed by atoms with van der Waals surface area (Å²) in [6.45, 7) is 15.3. The highest BCUT2D eigenvalue weighted by Gasteiger charge is 2.49. The number of thiazole rings is 1. The molecule has 13 heteroatoms. The van der Waals surface area contributed by atoms with Crippen LogP contribution in [0.1, 0.15) is 97.7 Å². The van der Waals surface area contributed by atoms with Crippen molar-refractivity contribution in [3.05, 3.63) is 52.5 Å². The number of carbonyl (C=O) groups excluding carboxylic acids is 4. The van der Waals surface area contributed by atoms with Crippen LogP contribution in [0, 0.1) is 23.7 Å². The summed E-state index contributed by atoms with van der Waals surface area (Å²) in [6, 6.07) is 7.40. The van der Waals surface area contributed by atoms with Crippen LogP contribution in [0.25, 0.3) is 0 Å². The molecule has 1 aliphatic rings. The largest absolute Gasteiger partial charge is 0.390 e. The Morgan fingerprint density at radius 1 is 0.943 bits per heavy atom. The summed E-state index contributed by atoms with van der Waals surface area (Å²) < 4.78 is 0. The van der Waals surface area contributed by atoms with Gasteiger partial charge in [0.25, 0.3) is 0 Å². The third-order valence-corrected chi connectivity index (χ3v) is 11.8. The standard InChI is InChI=1S/C40H64N6O6S/c1-11-26(6)33(44-37(51)32(24(2)3)43-38(52)34(25(4)5)45(9)10)30(47)23-31(48)46-20-15-18-40(46,8)35(49)27(7)36(50)42-29(39-41-19-21-53-39)22-28-16-13-12-14-17-28/h12-14,16-17,19,21,24-27,29-30,32-35,47,49H,11,15,18,20,22-23H2,1-10H3,(H,42,50)(H,43,52)(H,44,51)/t26-,27-,29-,30+,32?,33?,34?,35+,40?/m0/s1. The van der Waals surface area contributed by atoms with Crippen molar-refractivity contribution in [2.75, 3.05) is 20.6 Å². The number of aliphatic hydroxyl groups is 2. The molecule has 0 radical (unpaired) electrons. The number of aromatic nitrogens is 1. The Morgan fingerprint density at radius 3 is 2.15 bits per heavy atom. The molecule has 1 fully saturated rings. The highest BCUT2D eigenvalue weighted by Crippen LogP contribution is 2.36. The van der Waals surface area contributed by atoms with Crippen LogP contribution in [0.3, 0.4) is 0 Å². The van der Waals surface area contributed by atoms with Gasteiger partial charge in [0, 0.05) is 18.1 Å². The van der Waals surface area contributed by atoms with Gasteiger partial charge in [0.05, 0.1) is 48.2 Å². The molecule has 2 aromatic rings. The molecule has 0 bridgehead atoms. The third kappa shape index (κ3) is 11.3. The van der Waals surface area contributed by atoms with E-state index >= 15 is 0 Å². The van der Waals surface area contributed by atoms with Crippen molar-refractivity contribution in [1.29, 1.82) is 0 Å². The fourth-order valence-corrected chi connectivity index (χ4v) is 8.28. The van der Waals surface area contributed by atoms with Gasteiger partial charge in [-0.05, 0) is 63.6 Å². The minimum Gasteiger partial charge on any atom is -0.390 e. The lowest BCUT2D eigenvalue weighted by molar-refractivity contribution is -0.147. The number of nitrogens with one attached hydrogen (secondary N) is 3. The highest BCUT2D eigenvalue weighted by atomic mass is 32.1. The van der Waals surface area contributed by atoms with Gasteiger partial charge in [0.1, 0.15) is 11.0 Å². The summed E-state index contributed by atoms with van der Waals surface area (Å²) in [4.78, 5) is 62.5. The van der Waals surface area contributed by atoms with E-state index in [4.69, 9.17) is 0 Å². The number of aliphatic hydroxyl groups excluding tert-OH is 2. The lowest BCUT2D eigenvalue weighted by Gasteiger charge is -2.42. The average molecular weight is 757 g/mol. The molecule has 0 saturated carbocycles. The first kappa shape index (κ1) is 44.0. The minimum atomic E-state index is -1.23. The number of likely N-dealkylation sites (N-methyl/N-ethyl adjacent to an activating group) is 1. The van der Waals surface area contributed by atoms with Crippen molar-refractivity contribution in [3.8, 4) is 0 Å². The predicted octanol–water partition coefficient (Wildman–Crippen LogP) is 3.93. The first-order chi connectivity index (χ1) is 24.9. The molecule has 2 heterocycles. The molecular formula is C40H64N6O6S. The first-order valence-corrected chi connectivity index (χ1v) is 20.0. The quantitative estimate of drug-likeness (QED) is 0.144. The van der Waals surface area contributed by atoms with Crippen LogP contribution in [0.4, 0.5) is 0 Å². The minimum absolute atomic E-state index is 0.0220. The number of likely N-dealkylation sites (tertiary alicyclic amines) is 1. The van der Waals surface area contributed by atoms with E-state index in [1.807, 2.05) is 96.2 Å². The fraction of sp³-hybridized carbons (Fsp3) is 0.675. The lowest BCUT2D eigenvalue weighted by atomic mass is 9.83. The molecule has 4 amide bonds. The number of rotatable bonds is 19. The van der Waals surface area contributed by atoms with Gasteiger partial charge < -0.3 is 31.1 Å². The van der Waals surface area contributed by atoms with E-state index in [1.54, 1.807) is 24.9 Å². The van der Waals surface area contributed by atoms with Crippen molar-refractivity contribution in [1.82, 2.24) is 30.7 Å². The van der Waals surface area contributed by atoms with Crippen LogP contribution in [-0.2, 0) is 25.6 Å². The van der Waals surface area contributed by atoms with Crippen LogP contribution in [0.5, 0.6) is 0 Å². The Hall–Kier alpha value is -3.39. The van der Waals surface area contributed by atoms with Gasteiger partial charge in [-0.3, -0.25) is 24.1 Å². The summed E-state index contributed by atoms with van der Waals surface area (Å²) in [5.74, 6) is -2.62. The number of carbonyl (C=O) groups is 4. The molecule has 4 unspecified atom stereocenters. The summed E-state index contributed by atoms with van der Waals surface area (Å²) in [5, 5.41) is 34.9. The molecule has 0 aliphatic carbocycles. The van der Waals surface area contributed by atoms with Crippen molar-refractivity contribution >= 4 is 35.0 Å². The Labute approximate surface area is 320 Å². The van der Waals surface area contributed by atoms with Gasteiger partial charge in [-0.25, -0.2) is 4.98 Å². The summed E-state index contributed by atoms with van der Waals surface area (Å²) in [6.07, 6.45) is 1.29. The Morgan fingerprint density at radius 2 is 1.60 bits per heavy atom. The molecule has 0 spiro atoms. The van der Waals surface area contributed by atoms with E-state index < -0.39 is 47.7 Å². The number of nitrogens with zero attached hydrogens (tertiary/aromatic N) is 3. The SMILES string of the molecule is CC[C@H](C)C(NC(=O)C(NC(=O)C(C(C)C)N(C)C)C(C)C)[C@H](O)CC(=O)N1CCCC1(C)[C@H](O)[C@H](C)C(=O)N[C@@H](Cc1ccccc1)c1nccs1. The zero-order valence-corrected chi connectivity index (χ0v) is 34.2. The molecule has 53 heavy (non-hydrogen) atoms. The Kier molecular flexibility index (Phi) is 16.4. The molecule has 5 N–H and O–H groups in total. The maximum absolute atomic E-state index is 14.0. The summed E-state index contributed by atoms with van der Waals surface area (Å²) in [5.41, 5.74) is -0.00897. The van der Waals surface area contributed by atoms with Crippen LogP contribution < -0.4 is 16.0 Å². The van der Waals surface area contributed by atoms with Gasteiger partial charge in [-0.1, -0.05) is 85.2 Å². The number of hydrogen-bond donors (Lipinski definition) is 5. The maximum Gasteiger partial charge on any atom is 0.243 e. The molecule has 12 nitrogen and oxygen atoms in total. The van der Waals surface area contributed by atoms with Crippen molar-refractivity contribution in [2.24, 2.45) is 23.7 Å². The molecule has 1 aromatic carbocycles. The van der Waals surface area contributed by atoms with E-state index in [1.165, 1.54) is 11.3 Å². The fourth-order valence-electron chi connectivity index (χ4n) is 7.59. The van der Waals surface area contributed by atoms with Gasteiger partial charge in [-0.2, -0.15) is 0 Å². The van der Waals surface area contributed by atoms with E-state index in [-0.39, 0.29) is 47.9 Å². The monoisotopic (exact) mass is 756 g/mol. The Bertz CT molecular complexity index is 1470. The molecule has 1 aromatic heterocycles. The normalized spacial score (nSPS) is 20.7. The second kappa shape index (κ2) is 19.8. The molecular weight excluding hydrogens is 693 g/mol. The zero-order valence-electron chi connectivity index (χ0n) is 33.3. The van der Waals surface area contributed by atoms with Gasteiger partial charge >= 0.3 is 0 Å².